The van der Waals surface area contributed by atoms with Gasteiger partial charge < -0.3 is 16.2 Å². The van der Waals surface area contributed by atoms with Crippen LogP contribution in [0.25, 0.3) is 22.2 Å². The van der Waals surface area contributed by atoms with Crippen LogP contribution in [0.1, 0.15) is 0 Å². The molecule has 0 aliphatic carbocycles. The van der Waals surface area contributed by atoms with Crippen LogP contribution in [0.4, 0.5) is 11.5 Å². The van der Waals surface area contributed by atoms with Crippen molar-refractivity contribution in [3.63, 3.8) is 0 Å². The van der Waals surface area contributed by atoms with Crippen LogP contribution in [0.5, 0.6) is 5.75 Å². The predicted molar refractivity (Wildman–Crippen MR) is 80.4 cm³/mol. The Kier molecular flexibility index (Phi) is 2.87. The lowest BCUT2D eigenvalue weighted by Gasteiger charge is -2.11. The third-order valence-corrected chi connectivity index (χ3v) is 3.11. The molecule has 0 saturated heterocycles. The van der Waals surface area contributed by atoms with Crippen LogP contribution >= 0.6 is 0 Å². The second-order valence-corrected chi connectivity index (χ2v) is 4.43. The Hall–Kier alpha value is -2.82. The van der Waals surface area contributed by atoms with E-state index in [1.165, 1.54) is 0 Å². The molecule has 2 heterocycles. The Morgan fingerprint density at radius 3 is 2.60 bits per heavy atom. The summed E-state index contributed by atoms with van der Waals surface area (Å²) < 4.78 is 5.36. The maximum absolute atomic E-state index is 6.06. The number of nitrogens with zero attached hydrogens (tertiary/aromatic N) is 2. The third-order valence-electron chi connectivity index (χ3n) is 3.11. The summed E-state index contributed by atoms with van der Waals surface area (Å²) in [6, 6.07) is 11.3. The molecule has 0 aliphatic rings. The molecule has 4 N–H and O–H groups in total. The number of methoxy groups -OCH3 is 1. The summed E-state index contributed by atoms with van der Waals surface area (Å²) in [5, 5.41) is 0. The highest BCUT2D eigenvalue weighted by Gasteiger charge is 2.11. The monoisotopic (exact) mass is 266 g/mol. The molecular weight excluding hydrogens is 252 g/mol. The van der Waals surface area contributed by atoms with Gasteiger partial charge in [-0.3, -0.25) is 4.98 Å². The summed E-state index contributed by atoms with van der Waals surface area (Å²) in [4.78, 5) is 8.65. The van der Waals surface area contributed by atoms with Crippen molar-refractivity contribution < 1.29 is 4.74 Å². The normalized spacial score (nSPS) is 10.7. The van der Waals surface area contributed by atoms with Gasteiger partial charge in [0.15, 0.2) is 0 Å². The van der Waals surface area contributed by atoms with Crippen LogP contribution in [0.3, 0.4) is 0 Å². The predicted octanol–water partition coefficient (Wildman–Crippen LogP) is 2.47. The summed E-state index contributed by atoms with van der Waals surface area (Å²) in [6.07, 6.45) is 1.60. The van der Waals surface area contributed by atoms with Gasteiger partial charge in [0.2, 0.25) is 0 Å². The first-order valence-corrected chi connectivity index (χ1v) is 6.14. The molecule has 1 aromatic carbocycles. The van der Waals surface area contributed by atoms with Crippen LogP contribution in [-0.2, 0) is 0 Å². The number of hydrogen-bond acceptors (Lipinski definition) is 5. The molecule has 0 spiro atoms. The lowest BCUT2D eigenvalue weighted by atomic mass is 10.0. The van der Waals surface area contributed by atoms with Crippen molar-refractivity contribution in [2.45, 2.75) is 0 Å². The van der Waals surface area contributed by atoms with E-state index in [1.807, 2.05) is 30.3 Å². The fourth-order valence-corrected chi connectivity index (χ4v) is 2.16. The number of nitrogens with two attached hydrogens (primary N) is 2. The van der Waals surface area contributed by atoms with Crippen LogP contribution in [-0.4, -0.2) is 17.1 Å². The molecular formula is C15H14N4O. The van der Waals surface area contributed by atoms with Crippen LogP contribution in [0, 0.1) is 0 Å². The number of para-hydroxylation sites is 1. The molecule has 5 nitrogen and oxygen atoms in total. The van der Waals surface area contributed by atoms with Gasteiger partial charge in [0.05, 0.1) is 30.0 Å². The van der Waals surface area contributed by atoms with E-state index in [2.05, 4.69) is 9.97 Å². The van der Waals surface area contributed by atoms with Crippen molar-refractivity contribution >= 4 is 22.5 Å². The first-order valence-electron chi connectivity index (χ1n) is 6.14. The Bertz CT molecular complexity index is 786. The van der Waals surface area contributed by atoms with E-state index in [4.69, 9.17) is 16.2 Å². The van der Waals surface area contributed by atoms with E-state index >= 15 is 0 Å². The van der Waals surface area contributed by atoms with Crippen molar-refractivity contribution in [1.29, 1.82) is 0 Å². The minimum absolute atomic E-state index is 0.425. The second-order valence-electron chi connectivity index (χ2n) is 4.43. The molecule has 3 aromatic rings. The topological polar surface area (TPSA) is 87.0 Å². The van der Waals surface area contributed by atoms with Gasteiger partial charge in [-0.05, 0) is 18.2 Å². The molecule has 2 aromatic heterocycles. The van der Waals surface area contributed by atoms with Crippen LogP contribution in [0.15, 0.2) is 42.6 Å². The molecule has 5 heteroatoms. The van der Waals surface area contributed by atoms with Crippen molar-refractivity contribution in [3.8, 4) is 16.9 Å². The van der Waals surface area contributed by atoms with Crippen LogP contribution in [0.2, 0.25) is 0 Å². The van der Waals surface area contributed by atoms with E-state index < -0.39 is 0 Å². The zero-order chi connectivity index (χ0) is 14.1. The Morgan fingerprint density at radius 1 is 1.00 bits per heavy atom. The van der Waals surface area contributed by atoms with Crippen molar-refractivity contribution in [3.05, 3.63) is 42.6 Å². The third kappa shape index (κ3) is 1.99. The summed E-state index contributed by atoms with van der Waals surface area (Å²) in [7, 11) is 1.63. The molecule has 100 valence electrons. The molecule has 0 atom stereocenters. The number of ether oxygens (including phenoxy) is 1. The Labute approximate surface area is 116 Å². The van der Waals surface area contributed by atoms with Crippen molar-refractivity contribution in [1.82, 2.24) is 9.97 Å². The maximum Gasteiger partial charge on any atom is 0.132 e. The van der Waals surface area contributed by atoms with E-state index in [9.17, 15) is 0 Å². The van der Waals surface area contributed by atoms with E-state index in [1.54, 1.807) is 19.4 Å². The molecule has 0 amide bonds. The second kappa shape index (κ2) is 4.70. The number of hydrogen-bond donors (Lipinski definition) is 2. The first kappa shape index (κ1) is 12.2. The number of nitrogen functional groups attached to an aromatic ring is 2. The summed E-state index contributed by atoms with van der Waals surface area (Å²) in [5.74, 6) is 1.17. The average molecular weight is 266 g/mol. The van der Waals surface area contributed by atoms with E-state index in [-0.39, 0.29) is 0 Å². The molecule has 0 fully saturated rings. The zero-order valence-corrected chi connectivity index (χ0v) is 11.0. The number of rotatable bonds is 2. The molecule has 20 heavy (non-hydrogen) atoms. The largest absolute Gasteiger partial charge is 0.496 e. The van der Waals surface area contributed by atoms with Gasteiger partial charge in [0.25, 0.3) is 0 Å². The van der Waals surface area contributed by atoms with Crippen molar-refractivity contribution in [2.24, 2.45) is 0 Å². The Morgan fingerprint density at radius 2 is 1.80 bits per heavy atom. The smallest absolute Gasteiger partial charge is 0.132 e. The molecule has 3 rings (SSSR count). The van der Waals surface area contributed by atoms with Gasteiger partial charge in [-0.2, -0.15) is 0 Å². The molecule has 0 saturated carbocycles. The standard InChI is InChI=1S/C15H14N4O/c1-20-14-5-3-2-4-10(14)11-7-12-13(19-15(11)17)6-9(16)8-18-12/h2-8H,16H2,1H3,(H2,17,19). The average Bonchev–Trinajstić information content (AvgIpc) is 2.46. The fraction of sp³-hybridized carbons (Fsp3) is 0.0667. The number of anilines is 2. The SMILES string of the molecule is COc1ccccc1-c1cc2ncc(N)cc2nc1N. The van der Waals surface area contributed by atoms with Gasteiger partial charge in [0, 0.05) is 11.1 Å². The van der Waals surface area contributed by atoms with E-state index in [0.717, 1.165) is 22.4 Å². The van der Waals surface area contributed by atoms with Gasteiger partial charge in [0.1, 0.15) is 11.6 Å². The number of fused-ring (bicyclic) bond motifs is 1. The summed E-state index contributed by atoms with van der Waals surface area (Å²) in [6.45, 7) is 0. The number of benzene rings is 1. The minimum Gasteiger partial charge on any atom is -0.496 e. The van der Waals surface area contributed by atoms with Gasteiger partial charge in [-0.25, -0.2) is 4.98 Å². The van der Waals surface area contributed by atoms with Gasteiger partial charge in [-0.1, -0.05) is 18.2 Å². The molecule has 0 unspecified atom stereocenters. The number of aromatic nitrogens is 2. The highest BCUT2D eigenvalue weighted by Crippen LogP contribution is 2.34. The highest BCUT2D eigenvalue weighted by atomic mass is 16.5. The highest BCUT2D eigenvalue weighted by molar-refractivity contribution is 5.89. The number of pyridine rings is 2. The van der Waals surface area contributed by atoms with Crippen molar-refractivity contribution in [2.75, 3.05) is 18.6 Å². The molecule has 0 aliphatic heterocycles. The van der Waals surface area contributed by atoms with Gasteiger partial charge >= 0.3 is 0 Å². The van der Waals surface area contributed by atoms with Gasteiger partial charge in [-0.15, -0.1) is 0 Å². The fourth-order valence-electron chi connectivity index (χ4n) is 2.16. The first-order chi connectivity index (χ1) is 9.69. The molecule has 0 bridgehead atoms. The minimum atomic E-state index is 0.425. The maximum atomic E-state index is 6.06. The lowest BCUT2D eigenvalue weighted by molar-refractivity contribution is 0.416. The van der Waals surface area contributed by atoms with E-state index in [0.29, 0.717) is 17.0 Å². The molecule has 0 radical (unpaired) electrons. The zero-order valence-electron chi connectivity index (χ0n) is 11.0. The lowest BCUT2D eigenvalue weighted by Crippen LogP contribution is -1.98. The summed E-state index contributed by atoms with van der Waals surface area (Å²) in [5.41, 5.74) is 15.4. The quantitative estimate of drug-likeness (QED) is 0.744. The van der Waals surface area contributed by atoms with Crippen LogP contribution < -0.4 is 16.2 Å². The summed E-state index contributed by atoms with van der Waals surface area (Å²) >= 11 is 0. The Balaban J connectivity index is 2.26.